The number of aliphatic carboxylic acids is 1. The maximum Gasteiger partial charge on any atom is 0.344 e. The molecule has 21 heavy (non-hydrogen) atoms. The smallest absolute Gasteiger partial charge is 0.344 e. The Hall–Kier alpha value is -2.28. The third kappa shape index (κ3) is 3.63. The number of carboxylic acids is 1. The van der Waals surface area contributed by atoms with E-state index in [4.69, 9.17) is 5.11 Å². The molecular formula is C14H14N2O4S. The highest BCUT2D eigenvalue weighted by molar-refractivity contribution is 8.04. The molecule has 0 aliphatic heterocycles. The van der Waals surface area contributed by atoms with E-state index in [1.54, 1.807) is 12.3 Å². The summed E-state index contributed by atoms with van der Waals surface area (Å²) in [5, 5.41) is 16.5. The van der Waals surface area contributed by atoms with Crippen molar-refractivity contribution >= 4 is 40.7 Å². The molecule has 0 saturated heterocycles. The Balaban J connectivity index is 2.38. The van der Waals surface area contributed by atoms with Crippen molar-refractivity contribution in [2.45, 2.75) is 6.92 Å². The molecule has 2 N–H and O–H groups in total. The monoisotopic (exact) mass is 306 g/mol. The van der Waals surface area contributed by atoms with Gasteiger partial charge in [-0.3, -0.25) is 9.89 Å². The number of fused-ring (bicyclic) bond motifs is 1. The summed E-state index contributed by atoms with van der Waals surface area (Å²) in [6, 6.07) is 3.76. The summed E-state index contributed by atoms with van der Waals surface area (Å²) in [5.41, 5.74) is 2.72. The second-order valence-electron chi connectivity index (χ2n) is 4.35. The highest BCUT2D eigenvalue weighted by Gasteiger charge is 2.13. The fourth-order valence-corrected chi connectivity index (χ4v) is 2.60. The number of benzene rings is 1. The average Bonchev–Trinajstić information content (AvgIpc) is 2.91. The number of carbonyl (C=O) groups is 2. The number of nitrogens with zero attached hydrogens (tertiary/aromatic N) is 1. The van der Waals surface area contributed by atoms with Crippen molar-refractivity contribution in [1.82, 2.24) is 10.2 Å². The molecule has 0 aliphatic carbocycles. The Labute approximate surface area is 125 Å². The summed E-state index contributed by atoms with van der Waals surface area (Å²) in [6.07, 6.45) is 3.32. The van der Waals surface area contributed by atoms with E-state index in [-0.39, 0.29) is 10.7 Å². The van der Waals surface area contributed by atoms with Gasteiger partial charge in [0.15, 0.2) is 0 Å². The minimum atomic E-state index is -0.990. The zero-order valence-corrected chi connectivity index (χ0v) is 12.4. The van der Waals surface area contributed by atoms with Crippen molar-refractivity contribution in [3.05, 3.63) is 34.4 Å². The summed E-state index contributed by atoms with van der Waals surface area (Å²) in [5.74, 6) is -1.74. The number of carboxylic acid groups (broad SMARTS) is 1. The fourth-order valence-electron chi connectivity index (χ4n) is 1.90. The molecule has 2 aromatic rings. The van der Waals surface area contributed by atoms with Crippen molar-refractivity contribution in [3.8, 4) is 0 Å². The molecular weight excluding hydrogens is 292 g/mol. The van der Waals surface area contributed by atoms with E-state index in [0.717, 1.165) is 33.8 Å². The van der Waals surface area contributed by atoms with Crippen LogP contribution in [0.1, 0.15) is 11.1 Å². The van der Waals surface area contributed by atoms with Crippen molar-refractivity contribution < 1.29 is 19.4 Å². The molecule has 1 aromatic heterocycles. The number of nitrogens with one attached hydrogen (secondary N) is 1. The lowest BCUT2D eigenvalue weighted by Crippen LogP contribution is -2.06. The van der Waals surface area contributed by atoms with Gasteiger partial charge in [-0.1, -0.05) is 0 Å². The zero-order chi connectivity index (χ0) is 15.4. The van der Waals surface area contributed by atoms with Crippen LogP contribution in [0.3, 0.4) is 0 Å². The molecule has 0 atom stereocenters. The van der Waals surface area contributed by atoms with Gasteiger partial charge in [0.1, 0.15) is 0 Å². The third-order valence-electron chi connectivity index (χ3n) is 2.80. The van der Waals surface area contributed by atoms with Crippen LogP contribution < -0.4 is 0 Å². The summed E-state index contributed by atoms with van der Waals surface area (Å²) in [7, 11) is 1.27. The zero-order valence-electron chi connectivity index (χ0n) is 11.5. The maximum atomic E-state index is 11.7. The lowest BCUT2D eigenvalue weighted by atomic mass is 10.1. The number of hydrogen-bond donors (Lipinski definition) is 2. The second kappa shape index (κ2) is 6.45. The number of hydrogen-bond acceptors (Lipinski definition) is 5. The molecule has 7 heteroatoms. The number of methoxy groups -OCH3 is 1. The normalized spacial score (nSPS) is 11.6. The van der Waals surface area contributed by atoms with E-state index in [1.165, 1.54) is 7.11 Å². The number of H-pyrrole nitrogens is 1. The van der Waals surface area contributed by atoms with E-state index >= 15 is 0 Å². The number of aryl methyl sites for hydroxylation is 1. The number of esters is 1. The van der Waals surface area contributed by atoms with Crippen LogP contribution in [-0.2, 0) is 14.3 Å². The fraction of sp³-hybridized carbons (Fsp3) is 0.214. The summed E-state index contributed by atoms with van der Waals surface area (Å²) in [4.78, 5) is 22.6. The highest BCUT2D eigenvalue weighted by Crippen LogP contribution is 2.24. The molecule has 0 aliphatic rings. The van der Waals surface area contributed by atoms with Gasteiger partial charge in [-0.25, -0.2) is 4.79 Å². The first-order valence-corrected chi connectivity index (χ1v) is 7.08. The summed E-state index contributed by atoms with van der Waals surface area (Å²) >= 11 is 0.934. The largest absolute Gasteiger partial charge is 0.481 e. The van der Waals surface area contributed by atoms with Crippen LogP contribution in [-0.4, -0.2) is 40.1 Å². The van der Waals surface area contributed by atoms with Gasteiger partial charge in [0.2, 0.25) is 0 Å². The third-order valence-corrected chi connectivity index (χ3v) is 3.79. The van der Waals surface area contributed by atoms with Crippen molar-refractivity contribution in [2.24, 2.45) is 0 Å². The van der Waals surface area contributed by atoms with Gasteiger partial charge in [0.25, 0.3) is 0 Å². The van der Waals surface area contributed by atoms with Crippen LogP contribution in [0.25, 0.3) is 17.0 Å². The molecule has 6 nitrogen and oxygen atoms in total. The lowest BCUT2D eigenvalue weighted by Gasteiger charge is -2.05. The predicted molar refractivity (Wildman–Crippen MR) is 80.9 cm³/mol. The second-order valence-corrected chi connectivity index (χ2v) is 5.37. The van der Waals surface area contributed by atoms with Crippen molar-refractivity contribution in [2.75, 3.05) is 12.9 Å². The minimum absolute atomic E-state index is 0.201. The first-order valence-electron chi connectivity index (χ1n) is 6.09. The van der Waals surface area contributed by atoms with E-state index in [0.29, 0.717) is 0 Å². The molecule has 2 rings (SSSR count). The standard InChI is InChI=1S/C14H14N2O4S/c1-8-3-9(4-10-6-15-16-13(8)10)5-11(14(19)20-2)21-7-12(17)18/h3-6H,7H2,1-2H3,(H,15,16)(H,17,18)/b11-5+. The number of aromatic amines is 1. The number of thioether (sulfide) groups is 1. The van der Waals surface area contributed by atoms with Crippen LogP contribution in [0, 0.1) is 6.92 Å². The Morgan fingerprint density at radius 1 is 1.48 bits per heavy atom. The summed E-state index contributed by atoms with van der Waals surface area (Å²) in [6.45, 7) is 1.93. The molecule has 0 saturated carbocycles. The van der Waals surface area contributed by atoms with Crippen LogP contribution in [0.15, 0.2) is 23.2 Å². The topological polar surface area (TPSA) is 92.3 Å². The molecule has 0 spiro atoms. The number of rotatable bonds is 5. The van der Waals surface area contributed by atoms with E-state index < -0.39 is 11.9 Å². The van der Waals surface area contributed by atoms with E-state index in [1.807, 2.05) is 19.1 Å². The number of ether oxygens (including phenoxy) is 1. The Kier molecular flexibility index (Phi) is 4.64. The molecule has 110 valence electrons. The maximum absolute atomic E-state index is 11.7. The molecule has 0 fully saturated rings. The van der Waals surface area contributed by atoms with Gasteiger partial charge < -0.3 is 9.84 Å². The van der Waals surface area contributed by atoms with Crippen LogP contribution >= 0.6 is 11.8 Å². The molecule has 1 aromatic carbocycles. The van der Waals surface area contributed by atoms with Gasteiger partial charge in [0.05, 0.1) is 29.5 Å². The Morgan fingerprint density at radius 2 is 2.24 bits per heavy atom. The molecule has 0 amide bonds. The molecule has 0 bridgehead atoms. The van der Waals surface area contributed by atoms with Crippen LogP contribution in [0.2, 0.25) is 0 Å². The van der Waals surface area contributed by atoms with E-state index in [9.17, 15) is 9.59 Å². The van der Waals surface area contributed by atoms with Crippen LogP contribution in [0.5, 0.6) is 0 Å². The summed E-state index contributed by atoms with van der Waals surface area (Å²) < 4.78 is 4.68. The van der Waals surface area contributed by atoms with Gasteiger partial charge in [-0.15, -0.1) is 11.8 Å². The first kappa shape index (κ1) is 15.1. The number of carbonyl (C=O) groups excluding carboxylic acids is 1. The first-order chi connectivity index (χ1) is 10.0. The Morgan fingerprint density at radius 3 is 2.90 bits per heavy atom. The predicted octanol–water partition coefficient (Wildman–Crippen LogP) is 2.20. The quantitative estimate of drug-likeness (QED) is 0.650. The van der Waals surface area contributed by atoms with Gasteiger partial charge in [-0.05, 0) is 36.3 Å². The number of aromatic nitrogens is 2. The van der Waals surface area contributed by atoms with Gasteiger partial charge >= 0.3 is 11.9 Å². The van der Waals surface area contributed by atoms with Crippen molar-refractivity contribution in [1.29, 1.82) is 0 Å². The molecule has 0 unspecified atom stereocenters. The lowest BCUT2D eigenvalue weighted by molar-refractivity contribution is -0.135. The Bertz CT molecular complexity index is 721. The minimum Gasteiger partial charge on any atom is -0.481 e. The van der Waals surface area contributed by atoms with E-state index in [2.05, 4.69) is 14.9 Å². The molecule has 1 heterocycles. The van der Waals surface area contributed by atoms with Crippen molar-refractivity contribution in [3.63, 3.8) is 0 Å². The highest BCUT2D eigenvalue weighted by atomic mass is 32.2. The molecule has 0 radical (unpaired) electrons. The average molecular weight is 306 g/mol. The van der Waals surface area contributed by atoms with Crippen LogP contribution in [0.4, 0.5) is 0 Å². The van der Waals surface area contributed by atoms with Gasteiger partial charge in [0, 0.05) is 5.39 Å². The van der Waals surface area contributed by atoms with Gasteiger partial charge in [-0.2, -0.15) is 5.10 Å². The SMILES string of the molecule is COC(=O)/C(=C\c1cc(C)c2[nH]ncc2c1)SCC(=O)O.